The van der Waals surface area contributed by atoms with Crippen LogP contribution in [0.1, 0.15) is 20.9 Å². The molecular formula is C18H15N3O2S. The second kappa shape index (κ2) is 7.52. The molecule has 0 saturated heterocycles. The average molecular weight is 337 g/mol. The van der Waals surface area contributed by atoms with E-state index in [1.54, 1.807) is 31.4 Å². The summed E-state index contributed by atoms with van der Waals surface area (Å²) in [5.74, 6) is 0.384. The fourth-order valence-corrected chi connectivity index (χ4v) is 2.66. The van der Waals surface area contributed by atoms with Gasteiger partial charge >= 0.3 is 0 Å². The molecule has 24 heavy (non-hydrogen) atoms. The number of hydrogen-bond acceptors (Lipinski definition) is 5. The molecule has 0 spiro atoms. The van der Waals surface area contributed by atoms with Crippen LogP contribution in [-0.4, -0.2) is 23.2 Å². The summed E-state index contributed by atoms with van der Waals surface area (Å²) in [7, 11) is 1.56. The third kappa shape index (κ3) is 4.05. The van der Waals surface area contributed by atoms with Gasteiger partial charge in [-0.05, 0) is 29.8 Å². The van der Waals surface area contributed by atoms with Crippen molar-refractivity contribution in [2.75, 3.05) is 12.4 Å². The first-order valence-corrected chi connectivity index (χ1v) is 8.08. The van der Waals surface area contributed by atoms with Crippen molar-refractivity contribution in [1.29, 1.82) is 0 Å². The van der Waals surface area contributed by atoms with Crippen LogP contribution in [0.5, 0.6) is 5.75 Å². The number of aromatic nitrogens is 2. The van der Waals surface area contributed by atoms with Crippen molar-refractivity contribution < 1.29 is 9.53 Å². The molecule has 0 fully saturated rings. The highest BCUT2D eigenvalue weighted by Gasteiger charge is 2.10. The topological polar surface area (TPSA) is 64.1 Å². The lowest BCUT2D eigenvalue weighted by molar-refractivity contribution is 0.102. The summed E-state index contributed by atoms with van der Waals surface area (Å²) in [5, 5.41) is 12.0. The van der Waals surface area contributed by atoms with Crippen molar-refractivity contribution in [3.05, 3.63) is 70.7 Å². The normalized spacial score (nSPS) is 10.7. The van der Waals surface area contributed by atoms with Gasteiger partial charge in [0.25, 0.3) is 5.91 Å². The number of nitrogens with zero attached hydrogens (tertiary/aromatic N) is 2. The predicted octanol–water partition coefficient (Wildman–Crippen LogP) is 3.97. The van der Waals surface area contributed by atoms with E-state index in [2.05, 4.69) is 15.5 Å². The van der Waals surface area contributed by atoms with Crippen molar-refractivity contribution in [3.63, 3.8) is 0 Å². The Balaban J connectivity index is 1.67. The maximum absolute atomic E-state index is 12.2. The van der Waals surface area contributed by atoms with Crippen molar-refractivity contribution in [3.8, 4) is 5.75 Å². The maximum atomic E-state index is 12.2. The van der Waals surface area contributed by atoms with Crippen LogP contribution >= 0.6 is 11.3 Å². The van der Waals surface area contributed by atoms with Crippen molar-refractivity contribution >= 4 is 34.5 Å². The van der Waals surface area contributed by atoms with Crippen molar-refractivity contribution in [2.24, 2.45) is 0 Å². The van der Waals surface area contributed by atoms with Crippen LogP contribution in [-0.2, 0) is 0 Å². The third-order valence-corrected chi connectivity index (χ3v) is 4.01. The fraction of sp³-hybridized carbons (Fsp3) is 0.0556. The number of rotatable bonds is 5. The van der Waals surface area contributed by atoms with E-state index in [0.29, 0.717) is 16.4 Å². The summed E-state index contributed by atoms with van der Waals surface area (Å²) in [5.41, 5.74) is 1.58. The quantitative estimate of drug-likeness (QED) is 0.765. The summed E-state index contributed by atoms with van der Waals surface area (Å²) in [6.07, 6.45) is 3.82. The first-order valence-electron chi connectivity index (χ1n) is 7.26. The van der Waals surface area contributed by atoms with Gasteiger partial charge in [0.05, 0.1) is 7.11 Å². The molecule has 5 nitrogen and oxygen atoms in total. The standard InChI is InChI=1S/C18H15N3O2S/c1-23-15-9-5-8-14(12-15)17(22)19-18-21-20-16(24-18)11-10-13-6-3-2-4-7-13/h2-12H,1H3,(H,19,21,22)/b11-10+. The fourth-order valence-electron chi connectivity index (χ4n) is 2.02. The molecule has 120 valence electrons. The SMILES string of the molecule is COc1cccc(C(=O)Nc2nnc(/C=C/c3ccccc3)s2)c1. The molecule has 3 aromatic rings. The van der Waals surface area contributed by atoms with Gasteiger partial charge in [-0.25, -0.2) is 0 Å². The minimum atomic E-state index is -0.247. The highest BCUT2D eigenvalue weighted by molar-refractivity contribution is 7.16. The first-order chi connectivity index (χ1) is 11.7. The molecular weight excluding hydrogens is 322 g/mol. The number of nitrogens with one attached hydrogen (secondary N) is 1. The van der Waals surface area contributed by atoms with Crippen LogP contribution in [0.15, 0.2) is 54.6 Å². The van der Waals surface area contributed by atoms with Gasteiger partial charge in [-0.15, -0.1) is 10.2 Å². The van der Waals surface area contributed by atoms with Crippen molar-refractivity contribution in [1.82, 2.24) is 10.2 Å². The van der Waals surface area contributed by atoms with Crippen LogP contribution in [0.4, 0.5) is 5.13 Å². The van der Waals surface area contributed by atoms with E-state index in [9.17, 15) is 4.79 Å². The molecule has 0 aliphatic rings. The van der Waals surface area contributed by atoms with Gasteiger partial charge in [0, 0.05) is 5.56 Å². The summed E-state index contributed by atoms with van der Waals surface area (Å²) in [4.78, 5) is 12.2. The van der Waals surface area contributed by atoms with Crippen LogP contribution in [0.2, 0.25) is 0 Å². The lowest BCUT2D eigenvalue weighted by Gasteiger charge is -2.03. The Bertz CT molecular complexity index is 859. The zero-order valence-corrected chi connectivity index (χ0v) is 13.8. The number of anilines is 1. The second-order valence-corrected chi connectivity index (χ2v) is 5.88. The molecule has 6 heteroatoms. The minimum absolute atomic E-state index is 0.247. The molecule has 1 heterocycles. The van der Waals surface area contributed by atoms with Crippen LogP contribution < -0.4 is 10.1 Å². The predicted molar refractivity (Wildman–Crippen MR) is 96.2 cm³/mol. The Morgan fingerprint density at radius 2 is 1.92 bits per heavy atom. The largest absolute Gasteiger partial charge is 0.497 e. The number of benzene rings is 2. The molecule has 1 aromatic heterocycles. The van der Waals surface area contributed by atoms with E-state index >= 15 is 0 Å². The summed E-state index contributed by atoms with van der Waals surface area (Å²) in [6.45, 7) is 0. The molecule has 0 saturated carbocycles. The lowest BCUT2D eigenvalue weighted by Crippen LogP contribution is -2.11. The van der Waals surface area contributed by atoms with Gasteiger partial charge in [0.2, 0.25) is 5.13 Å². The summed E-state index contributed by atoms with van der Waals surface area (Å²) in [6, 6.07) is 16.9. The van der Waals surface area contributed by atoms with Crippen LogP contribution in [0, 0.1) is 0 Å². The molecule has 0 radical (unpaired) electrons. The summed E-state index contributed by atoms with van der Waals surface area (Å²) >= 11 is 1.31. The van der Waals surface area contributed by atoms with E-state index in [1.807, 2.05) is 42.5 Å². The van der Waals surface area contributed by atoms with Gasteiger partial charge in [0.15, 0.2) is 0 Å². The zero-order valence-electron chi connectivity index (χ0n) is 13.0. The van der Waals surface area contributed by atoms with Gasteiger partial charge in [0.1, 0.15) is 10.8 Å². The minimum Gasteiger partial charge on any atom is -0.497 e. The first kappa shape index (κ1) is 15.9. The molecule has 1 amide bonds. The molecule has 0 aliphatic heterocycles. The average Bonchev–Trinajstić information content (AvgIpc) is 3.08. The smallest absolute Gasteiger partial charge is 0.257 e. The monoisotopic (exact) mass is 337 g/mol. The Labute approximate surface area is 143 Å². The number of hydrogen-bond donors (Lipinski definition) is 1. The number of amides is 1. The Hall–Kier alpha value is -2.99. The number of carbonyl (C=O) groups is 1. The molecule has 0 bridgehead atoms. The van der Waals surface area contributed by atoms with Gasteiger partial charge in [-0.3, -0.25) is 10.1 Å². The Morgan fingerprint density at radius 1 is 1.08 bits per heavy atom. The van der Waals surface area contributed by atoms with Gasteiger partial charge in [-0.1, -0.05) is 53.8 Å². The molecule has 0 aliphatic carbocycles. The Morgan fingerprint density at radius 3 is 2.71 bits per heavy atom. The molecule has 2 aromatic carbocycles. The highest BCUT2D eigenvalue weighted by Crippen LogP contribution is 2.19. The van der Waals surface area contributed by atoms with E-state index in [-0.39, 0.29) is 5.91 Å². The van der Waals surface area contributed by atoms with Crippen LogP contribution in [0.25, 0.3) is 12.2 Å². The maximum Gasteiger partial charge on any atom is 0.257 e. The molecule has 0 atom stereocenters. The van der Waals surface area contributed by atoms with E-state index in [0.717, 1.165) is 10.6 Å². The van der Waals surface area contributed by atoms with E-state index in [1.165, 1.54) is 11.3 Å². The highest BCUT2D eigenvalue weighted by atomic mass is 32.1. The summed E-state index contributed by atoms with van der Waals surface area (Å²) < 4.78 is 5.12. The van der Waals surface area contributed by atoms with E-state index in [4.69, 9.17) is 4.74 Å². The lowest BCUT2D eigenvalue weighted by atomic mass is 10.2. The van der Waals surface area contributed by atoms with Gasteiger partial charge in [-0.2, -0.15) is 0 Å². The number of carbonyl (C=O) groups excluding carboxylic acids is 1. The van der Waals surface area contributed by atoms with Gasteiger partial charge < -0.3 is 4.74 Å². The zero-order chi connectivity index (χ0) is 16.8. The van der Waals surface area contributed by atoms with Crippen molar-refractivity contribution in [2.45, 2.75) is 0 Å². The molecule has 3 rings (SSSR count). The number of ether oxygens (including phenoxy) is 1. The van der Waals surface area contributed by atoms with E-state index < -0.39 is 0 Å². The number of methoxy groups -OCH3 is 1. The molecule has 0 unspecified atom stereocenters. The Kier molecular flexibility index (Phi) is 4.98. The molecule has 1 N–H and O–H groups in total. The second-order valence-electron chi connectivity index (χ2n) is 4.88. The van der Waals surface area contributed by atoms with Crippen LogP contribution in [0.3, 0.4) is 0 Å². The third-order valence-electron chi connectivity index (χ3n) is 3.21.